The smallest absolute Gasteiger partial charge is 0.253 e. The van der Waals surface area contributed by atoms with Gasteiger partial charge in [-0.05, 0) is 60.7 Å². The van der Waals surface area contributed by atoms with E-state index in [1.807, 2.05) is 29.2 Å². The van der Waals surface area contributed by atoms with Crippen LogP contribution in [-0.4, -0.2) is 98.5 Å². The fraction of sp³-hybridized carbons (Fsp3) is 0.571. The van der Waals surface area contributed by atoms with Gasteiger partial charge in [-0.2, -0.15) is 0 Å². The Morgan fingerprint density at radius 3 is 2.22 bits per heavy atom. The van der Waals surface area contributed by atoms with Crippen molar-refractivity contribution < 1.29 is 4.79 Å². The van der Waals surface area contributed by atoms with E-state index in [1.54, 1.807) is 6.33 Å². The molecule has 2 aromatic heterocycles. The largest absolute Gasteiger partial charge is 0.367 e. The maximum atomic E-state index is 13.0. The molecule has 200 valence electrons. The molecule has 9 nitrogen and oxygen atoms in total. The SMILES string of the molecule is CC(C)N(CCNc1ncnc2c1nc(-c1ccc(C(=O)N3CCN(C)CC3)cc1)n2C(C)C)C(C)C. The number of nitrogens with zero attached hydrogens (tertiary/aromatic N) is 7. The Morgan fingerprint density at radius 1 is 0.973 bits per heavy atom. The second kappa shape index (κ2) is 11.6. The summed E-state index contributed by atoms with van der Waals surface area (Å²) in [6.45, 7) is 18.2. The van der Waals surface area contributed by atoms with Crippen LogP contribution in [0.1, 0.15) is 57.9 Å². The number of benzene rings is 1. The molecule has 37 heavy (non-hydrogen) atoms. The second-order valence-electron chi connectivity index (χ2n) is 10.8. The van der Waals surface area contributed by atoms with Gasteiger partial charge in [0.25, 0.3) is 5.91 Å². The van der Waals surface area contributed by atoms with E-state index in [1.165, 1.54) is 0 Å². The van der Waals surface area contributed by atoms with Crippen LogP contribution in [0.5, 0.6) is 0 Å². The molecule has 1 aromatic carbocycles. The van der Waals surface area contributed by atoms with Crippen molar-refractivity contribution in [3.63, 3.8) is 0 Å². The lowest BCUT2D eigenvalue weighted by atomic mass is 10.1. The molecule has 0 unspecified atom stereocenters. The van der Waals surface area contributed by atoms with Crippen LogP contribution in [0, 0.1) is 0 Å². The highest BCUT2D eigenvalue weighted by Crippen LogP contribution is 2.30. The first-order chi connectivity index (χ1) is 17.7. The van der Waals surface area contributed by atoms with Gasteiger partial charge in [0.2, 0.25) is 0 Å². The van der Waals surface area contributed by atoms with Gasteiger partial charge in [0.1, 0.15) is 12.2 Å². The number of piperazine rings is 1. The zero-order valence-electron chi connectivity index (χ0n) is 23.4. The van der Waals surface area contributed by atoms with Crippen molar-refractivity contribution in [2.24, 2.45) is 0 Å². The lowest BCUT2D eigenvalue weighted by molar-refractivity contribution is 0.0664. The first kappa shape index (κ1) is 27.0. The third kappa shape index (κ3) is 5.93. The van der Waals surface area contributed by atoms with Crippen LogP contribution in [0.15, 0.2) is 30.6 Å². The van der Waals surface area contributed by atoms with E-state index >= 15 is 0 Å². The molecule has 1 aliphatic rings. The van der Waals surface area contributed by atoms with Gasteiger partial charge in [0.15, 0.2) is 17.0 Å². The first-order valence-electron chi connectivity index (χ1n) is 13.5. The molecule has 1 saturated heterocycles. The molecule has 0 saturated carbocycles. The van der Waals surface area contributed by atoms with Crippen LogP contribution in [0.25, 0.3) is 22.6 Å². The summed E-state index contributed by atoms with van der Waals surface area (Å²) in [7, 11) is 2.09. The van der Waals surface area contributed by atoms with Crippen molar-refractivity contribution in [1.29, 1.82) is 0 Å². The summed E-state index contributed by atoms with van der Waals surface area (Å²) in [5, 5.41) is 3.50. The van der Waals surface area contributed by atoms with Gasteiger partial charge in [-0.15, -0.1) is 0 Å². The van der Waals surface area contributed by atoms with Gasteiger partial charge >= 0.3 is 0 Å². The van der Waals surface area contributed by atoms with E-state index < -0.39 is 0 Å². The fourth-order valence-corrected chi connectivity index (χ4v) is 5.10. The minimum Gasteiger partial charge on any atom is -0.367 e. The number of carbonyl (C=O) groups excluding carboxylic acids is 1. The monoisotopic (exact) mass is 506 g/mol. The Morgan fingerprint density at radius 2 is 1.62 bits per heavy atom. The summed E-state index contributed by atoms with van der Waals surface area (Å²) in [6.07, 6.45) is 1.61. The van der Waals surface area contributed by atoms with Crippen LogP contribution in [0.2, 0.25) is 0 Å². The summed E-state index contributed by atoms with van der Waals surface area (Å²) in [5.74, 6) is 1.67. The Balaban J connectivity index is 1.58. The summed E-state index contributed by atoms with van der Waals surface area (Å²) >= 11 is 0. The number of likely N-dealkylation sites (N-methyl/N-ethyl adjacent to an activating group) is 1. The summed E-state index contributed by atoms with van der Waals surface area (Å²) in [5.41, 5.74) is 3.25. The van der Waals surface area contributed by atoms with Gasteiger partial charge in [-0.1, -0.05) is 12.1 Å². The Bertz CT molecular complexity index is 1180. The quantitative estimate of drug-likeness (QED) is 0.470. The predicted octanol–water partition coefficient (Wildman–Crippen LogP) is 3.99. The Kier molecular flexibility index (Phi) is 8.44. The van der Waals surface area contributed by atoms with E-state index in [0.717, 1.165) is 67.6 Å². The number of rotatable bonds is 9. The molecule has 1 aliphatic heterocycles. The van der Waals surface area contributed by atoms with E-state index in [0.29, 0.717) is 17.6 Å². The number of carbonyl (C=O) groups is 1. The number of hydrogen-bond acceptors (Lipinski definition) is 7. The number of fused-ring (bicyclic) bond motifs is 1. The molecule has 3 aromatic rings. The molecule has 0 aliphatic carbocycles. The molecule has 9 heteroatoms. The third-order valence-corrected chi connectivity index (χ3v) is 7.16. The number of amides is 1. The van der Waals surface area contributed by atoms with E-state index in [-0.39, 0.29) is 11.9 Å². The van der Waals surface area contributed by atoms with E-state index in [9.17, 15) is 4.79 Å². The van der Waals surface area contributed by atoms with Crippen molar-refractivity contribution in [2.45, 2.75) is 59.7 Å². The number of imidazole rings is 1. The van der Waals surface area contributed by atoms with Crippen molar-refractivity contribution in [3.8, 4) is 11.4 Å². The molecular formula is C28H42N8O. The topological polar surface area (TPSA) is 82.4 Å². The maximum Gasteiger partial charge on any atom is 0.253 e. The van der Waals surface area contributed by atoms with Crippen LogP contribution < -0.4 is 5.32 Å². The number of anilines is 1. The molecule has 1 amide bonds. The van der Waals surface area contributed by atoms with Crippen molar-refractivity contribution in [2.75, 3.05) is 51.6 Å². The minimum absolute atomic E-state index is 0.0891. The van der Waals surface area contributed by atoms with Crippen LogP contribution in [0.4, 0.5) is 5.82 Å². The van der Waals surface area contributed by atoms with Crippen LogP contribution in [0.3, 0.4) is 0 Å². The van der Waals surface area contributed by atoms with Gasteiger partial charge in [0.05, 0.1) is 0 Å². The molecular weight excluding hydrogens is 464 g/mol. The minimum atomic E-state index is 0.0891. The van der Waals surface area contributed by atoms with Crippen LogP contribution in [-0.2, 0) is 0 Å². The molecule has 4 rings (SSSR count). The second-order valence-corrected chi connectivity index (χ2v) is 10.8. The average molecular weight is 507 g/mol. The lowest BCUT2D eigenvalue weighted by Crippen LogP contribution is -2.47. The molecule has 3 heterocycles. The fourth-order valence-electron chi connectivity index (χ4n) is 5.10. The standard InChI is InChI=1S/C28H42N8O/c1-19(2)35(20(3)4)13-12-29-25-24-27(31-18-30-25)36(21(5)6)26(32-24)22-8-10-23(11-9-22)28(37)34-16-14-33(7)15-17-34/h8-11,18-21H,12-17H2,1-7H3,(H,29,30,31). The van der Waals surface area contributed by atoms with Gasteiger partial charge < -0.3 is 19.7 Å². The molecule has 0 spiro atoms. The number of aromatic nitrogens is 4. The highest BCUT2D eigenvalue weighted by atomic mass is 16.2. The van der Waals surface area contributed by atoms with Gasteiger partial charge in [-0.25, -0.2) is 15.0 Å². The van der Waals surface area contributed by atoms with Gasteiger partial charge in [-0.3, -0.25) is 9.69 Å². The number of hydrogen-bond donors (Lipinski definition) is 1. The van der Waals surface area contributed by atoms with E-state index in [2.05, 4.69) is 78.2 Å². The first-order valence-corrected chi connectivity index (χ1v) is 13.5. The molecule has 0 atom stereocenters. The average Bonchev–Trinajstić information content (AvgIpc) is 3.27. The predicted molar refractivity (Wildman–Crippen MR) is 150 cm³/mol. The Labute approximate surface area is 220 Å². The molecule has 0 bridgehead atoms. The summed E-state index contributed by atoms with van der Waals surface area (Å²) < 4.78 is 2.15. The summed E-state index contributed by atoms with van der Waals surface area (Å²) in [6, 6.07) is 8.93. The highest BCUT2D eigenvalue weighted by molar-refractivity contribution is 5.95. The van der Waals surface area contributed by atoms with Crippen molar-refractivity contribution in [3.05, 3.63) is 36.2 Å². The molecule has 0 radical (unpaired) electrons. The maximum absolute atomic E-state index is 13.0. The highest BCUT2D eigenvalue weighted by Gasteiger charge is 2.22. The van der Waals surface area contributed by atoms with Crippen LogP contribution >= 0.6 is 0 Å². The third-order valence-electron chi connectivity index (χ3n) is 7.16. The molecule has 1 N–H and O–H groups in total. The number of nitrogens with one attached hydrogen (secondary N) is 1. The van der Waals surface area contributed by atoms with Crippen molar-refractivity contribution >= 4 is 22.9 Å². The molecule has 1 fully saturated rings. The van der Waals surface area contributed by atoms with E-state index in [4.69, 9.17) is 4.98 Å². The normalized spacial score (nSPS) is 15.1. The summed E-state index contributed by atoms with van der Waals surface area (Å²) in [4.78, 5) is 33.8. The van der Waals surface area contributed by atoms with Crippen molar-refractivity contribution in [1.82, 2.24) is 34.2 Å². The lowest BCUT2D eigenvalue weighted by Gasteiger charge is -2.32. The Hall–Kier alpha value is -3.04. The zero-order valence-corrected chi connectivity index (χ0v) is 23.4. The zero-order chi connectivity index (χ0) is 26.7. The van der Waals surface area contributed by atoms with Gasteiger partial charge in [0, 0.05) is 68.5 Å².